The van der Waals surface area contributed by atoms with Crippen LogP contribution in [0.5, 0.6) is 0 Å². The molecule has 1 aliphatic rings. The van der Waals surface area contributed by atoms with Gasteiger partial charge in [0.2, 0.25) is 17.4 Å². The van der Waals surface area contributed by atoms with Gasteiger partial charge in [-0.2, -0.15) is 8.42 Å². The van der Waals surface area contributed by atoms with E-state index in [1.54, 1.807) is 30.3 Å². The molecule has 0 unspecified atom stereocenters. The first-order valence-electron chi connectivity index (χ1n) is 8.59. The summed E-state index contributed by atoms with van der Waals surface area (Å²) in [6.07, 6.45) is 0. The molecule has 1 aliphatic heterocycles. The highest BCUT2D eigenvalue weighted by Gasteiger charge is 2.51. The number of hydrogen-bond donors (Lipinski definition) is 1. The number of ketones is 1. The number of carbonyl (C=O) groups excluding carboxylic acids is 1. The lowest BCUT2D eigenvalue weighted by Gasteiger charge is -2.26. The van der Waals surface area contributed by atoms with E-state index < -0.39 is 43.4 Å². The highest BCUT2D eigenvalue weighted by atomic mass is 35.5. The number of rotatable bonds is 5. The van der Waals surface area contributed by atoms with Gasteiger partial charge in [-0.25, -0.2) is 4.39 Å². The van der Waals surface area contributed by atoms with Crippen molar-refractivity contribution in [3.63, 3.8) is 0 Å². The number of hydrogen-bond acceptors (Lipinski definition) is 6. The Labute approximate surface area is 175 Å². The zero-order chi connectivity index (χ0) is 21.6. The van der Waals surface area contributed by atoms with Crippen molar-refractivity contribution >= 4 is 51.0 Å². The number of carbonyl (C=O) groups is 1. The predicted octanol–water partition coefficient (Wildman–Crippen LogP) is -0.585. The van der Waals surface area contributed by atoms with Crippen LogP contribution in [0.15, 0.2) is 60.2 Å². The summed E-state index contributed by atoms with van der Waals surface area (Å²) in [5, 5.41) is -0.132. The van der Waals surface area contributed by atoms with Crippen molar-refractivity contribution in [2.24, 2.45) is 5.73 Å². The summed E-state index contributed by atoms with van der Waals surface area (Å²) < 4.78 is 48.9. The third-order valence-corrected chi connectivity index (χ3v) is 7.11. The van der Waals surface area contributed by atoms with Crippen LogP contribution in [-0.2, 0) is 33.9 Å². The van der Waals surface area contributed by atoms with Crippen molar-refractivity contribution < 1.29 is 26.5 Å². The molecule has 6 nitrogen and oxygen atoms in total. The number of halogens is 2. The Balaban J connectivity index is 1.95. The van der Waals surface area contributed by atoms with Crippen LogP contribution >= 0.6 is 11.6 Å². The van der Waals surface area contributed by atoms with Crippen molar-refractivity contribution in [1.29, 1.82) is 0 Å². The van der Waals surface area contributed by atoms with Crippen LogP contribution in [0.25, 0.3) is 0 Å². The van der Waals surface area contributed by atoms with Crippen molar-refractivity contribution in [3.05, 3.63) is 82.1 Å². The Kier molecular flexibility index (Phi) is 5.25. The maximum Gasteiger partial charge on any atom is 0.304 e. The molecule has 148 valence electrons. The van der Waals surface area contributed by atoms with Gasteiger partial charge >= 0.3 is 10.1 Å². The Morgan fingerprint density at radius 3 is 2.38 bits per heavy atom. The first-order chi connectivity index (χ1) is 13.4. The molecule has 2 N–H and O–H groups in total. The molecule has 12 heteroatoms. The molecular formula is C17H16B3ClFNO5S. The Bertz CT molecular complexity index is 1130. The van der Waals surface area contributed by atoms with Crippen molar-refractivity contribution in [1.82, 2.24) is 0 Å². The normalized spacial score (nSPS) is 19.9. The van der Waals surface area contributed by atoms with E-state index >= 15 is 0 Å². The molecule has 1 heterocycles. The van der Waals surface area contributed by atoms with E-state index in [1.165, 1.54) is 35.7 Å². The molecule has 0 aromatic heterocycles. The van der Waals surface area contributed by atoms with Crippen molar-refractivity contribution in [3.8, 4) is 0 Å². The topological polar surface area (TPSA) is 95.7 Å². The fraction of sp³-hybridized carbons (Fsp3) is 0.118. The van der Waals surface area contributed by atoms with Crippen LogP contribution in [0.3, 0.4) is 0 Å². The van der Waals surface area contributed by atoms with E-state index in [1.807, 2.05) is 0 Å². The van der Waals surface area contributed by atoms with Gasteiger partial charge in [-0.3, -0.25) is 4.79 Å². The van der Waals surface area contributed by atoms with Gasteiger partial charge in [0.25, 0.3) is 0 Å². The van der Waals surface area contributed by atoms with Crippen LogP contribution < -0.4 is 5.73 Å². The Morgan fingerprint density at radius 1 is 1.17 bits per heavy atom. The number of Topliss-reactive ketones (excluding diaryl/α,β-unsaturated/α-hetero) is 1. The van der Waals surface area contributed by atoms with Crippen LogP contribution in [0, 0.1) is 5.82 Å². The monoisotopic (exact) mass is 433 g/mol. The molecule has 2 aromatic carbocycles. The minimum absolute atomic E-state index is 0.116. The van der Waals surface area contributed by atoms with E-state index in [-0.39, 0.29) is 10.6 Å². The predicted molar refractivity (Wildman–Crippen MR) is 114 cm³/mol. The third kappa shape index (κ3) is 3.53. The van der Waals surface area contributed by atoms with Crippen LogP contribution in [0.2, 0.25) is 5.02 Å². The molecule has 0 spiro atoms. The fourth-order valence-electron chi connectivity index (χ4n) is 2.90. The number of ether oxygens (including phenoxy) is 1. The van der Waals surface area contributed by atoms with Gasteiger partial charge in [0.1, 0.15) is 21.5 Å². The first kappa shape index (κ1) is 21.3. The van der Waals surface area contributed by atoms with Gasteiger partial charge in [0.05, 0.1) is 9.57 Å². The fourth-order valence-corrected chi connectivity index (χ4v) is 4.03. The lowest BCUT2D eigenvalue weighted by Crippen LogP contribution is -2.40. The standard InChI is InChI=1S/C17H16B3ClFNO5S/c18-16(10-6-7-11(21)12(22)8-10)14(24)13(15(23)27-16)28-29(25,26)17(19,20)9-4-2-1-3-5-9/h1-8H,18-20,23H2/t16-/m1/s1. The molecule has 0 saturated heterocycles. The SMILES string of the molecule is BC(B)(c1ccccc1)S(=O)(=O)OC1=C(N)O[C@](B)(c2ccc(Cl)c(F)c2)C1=O. The summed E-state index contributed by atoms with van der Waals surface area (Å²) in [6, 6.07) is 12.1. The second kappa shape index (κ2) is 7.14. The van der Waals surface area contributed by atoms with Crippen molar-refractivity contribution in [2.75, 3.05) is 0 Å². The Hall–Kier alpha value is -2.39. The smallest absolute Gasteiger partial charge is 0.304 e. The van der Waals surface area contributed by atoms with Gasteiger partial charge in [-0.15, -0.1) is 0 Å². The largest absolute Gasteiger partial charge is 0.467 e. The van der Waals surface area contributed by atoms with Crippen LogP contribution in [0.4, 0.5) is 4.39 Å². The molecule has 29 heavy (non-hydrogen) atoms. The minimum atomic E-state index is -4.34. The molecule has 0 amide bonds. The lowest BCUT2D eigenvalue weighted by molar-refractivity contribution is -0.126. The summed E-state index contributed by atoms with van der Waals surface area (Å²) in [7, 11) is -0.106. The van der Waals surface area contributed by atoms with Gasteiger partial charge in [-0.1, -0.05) is 48.0 Å². The first-order valence-corrected chi connectivity index (χ1v) is 10.4. The summed E-state index contributed by atoms with van der Waals surface area (Å²) in [4.78, 5) is 13.0. The summed E-state index contributed by atoms with van der Waals surface area (Å²) in [5.41, 5.74) is 4.60. The lowest BCUT2D eigenvalue weighted by atomic mass is 9.65. The van der Waals surface area contributed by atoms with E-state index in [0.29, 0.717) is 5.56 Å². The molecule has 0 bridgehead atoms. The molecule has 0 fully saturated rings. The Morgan fingerprint density at radius 2 is 1.79 bits per heavy atom. The van der Waals surface area contributed by atoms with Crippen LogP contribution in [0.1, 0.15) is 11.1 Å². The number of nitrogens with two attached hydrogens (primary N) is 1. The second-order valence-electron chi connectivity index (χ2n) is 7.20. The quantitative estimate of drug-likeness (QED) is 0.501. The maximum absolute atomic E-state index is 13.9. The highest BCUT2D eigenvalue weighted by molar-refractivity contribution is 7.90. The molecule has 1 atom stereocenters. The van der Waals surface area contributed by atoms with E-state index in [0.717, 1.165) is 6.07 Å². The summed E-state index contributed by atoms with van der Waals surface area (Å²) in [5.74, 6) is -2.75. The average molecular weight is 433 g/mol. The highest BCUT2D eigenvalue weighted by Crippen LogP contribution is 2.38. The maximum atomic E-state index is 13.9. The van der Waals surface area contributed by atoms with Gasteiger partial charge in [0.15, 0.2) is 13.3 Å². The zero-order valence-corrected chi connectivity index (χ0v) is 17.5. The zero-order valence-electron chi connectivity index (χ0n) is 15.9. The van der Waals surface area contributed by atoms with Gasteiger partial charge < -0.3 is 14.7 Å². The molecule has 0 aliphatic carbocycles. The van der Waals surface area contributed by atoms with Crippen LogP contribution in [-0.4, -0.2) is 37.7 Å². The van der Waals surface area contributed by atoms with Crippen molar-refractivity contribution in [2.45, 2.75) is 10.0 Å². The molecule has 0 saturated carbocycles. The summed E-state index contributed by atoms with van der Waals surface area (Å²) in [6.45, 7) is 0. The molecule has 2 aromatic rings. The summed E-state index contributed by atoms with van der Waals surface area (Å²) >= 11 is 5.68. The van der Waals surface area contributed by atoms with Gasteiger partial charge in [0, 0.05) is 0 Å². The molecular weight excluding hydrogens is 417 g/mol. The average Bonchev–Trinajstić information content (AvgIpc) is 2.88. The van der Waals surface area contributed by atoms with Gasteiger partial charge in [-0.05, 0) is 23.3 Å². The minimum Gasteiger partial charge on any atom is -0.467 e. The molecule has 3 rings (SSSR count). The van der Waals surface area contributed by atoms with E-state index in [4.69, 9.17) is 26.3 Å². The second-order valence-corrected chi connectivity index (χ2v) is 9.70. The van der Waals surface area contributed by atoms with E-state index in [2.05, 4.69) is 0 Å². The third-order valence-electron chi connectivity index (χ3n) is 4.93. The molecule has 0 radical (unpaired) electrons. The number of benzene rings is 2. The van der Waals surface area contributed by atoms with E-state index in [9.17, 15) is 17.6 Å².